The van der Waals surface area contributed by atoms with Crippen LogP contribution < -0.4 is 20.7 Å². The quantitative estimate of drug-likeness (QED) is 0.354. The third-order valence-corrected chi connectivity index (χ3v) is 8.11. The van der Waals surface area contributed by atoms with E-state index in [4.69, 9.17) is 11.6 Å². The van der Waals surface area contributed by atoms with Crippen LogP contribution in [0.5, 0.6) is 0 Å². The van der Waals surface area contributed by atoms with E-state index in [1.54, 1.807) is 31.5 Å². The van der Waals surface area contributed by atoms with Gasteiger partial charge in [0.1, 0.15) is 17.1 Å². The monoisotopic (exact) mass is 507 g/mol. The van der Waals surface area contributed by atoms with Gasteiger partial charge in [-0.1, -0.05) is 30.7 Å². The minimum atomic E-state index is -3.70. The molecule has 0 unspecified atom stereocenters. The molecule has 0 bridgehead atoms. The normalized spacial score (nSPS) is 11.9. The van der Waals surface area contributed by atoms with Crippen LogP contribution in [0.2, 0.25) is 5.02 Å². The van der Waals surface area contributed by atoms with E-state index in [1.807, 2.05) is 32.0 Å². The lowest BCUT2D eigenvalue weighted by Gasteiger charge is -2.15. The predicted octanol–water partition coefficient (Wildman–Crippen LogP) is 4.86. The number of sulfonamides is 1. The number of aromatic nitrogens is 2. The van der Waals surface area contributed by atoms with E-state index in [-0.39, 0.29) is 21.7 Å². The van der Waals surface area contributed by atoms with Crippen LogP contribution in [0.15, 0.2) is 53.6 Å². The molecule has 3 N–H and O–H groups in total. The largest absolute Gasteiger partial charge is 0.338 e. The molecule has 2 aromatic carbocycles. The van der Waals surface area contributed by atoms with Crippen molar-refractivity contribution < 1.29 is 13.0 Å². The van der Waals surface area contributed by atoms with Gasteiger partial charge in [0.15, 0.2) is 5.82 Å². The van der Waals surface area contributed by atoms with Crippen LogP contribution in [0.1, 0.15) is 18.9 Å². The molecule has 33 heavy (non-hydrogen) atoms. The Morgan fingerprint density at radius 2 is 1.79 bits per heavy atom. The van der Waals surface area contributed by atoms with Gasteiger partial charge < -0.3 is 15.2 Å². The Bertz CT molecular complexity index is 1310. The Kier molecular flexibility index (Phi) is 7.80. The molecule has 0 aliphatic heterocycles. The highest BCUT2D eigenvalue weighted by Gasteiger charge is 2.19. The Labute approximate surface area is 199 Å². The van der Waals surface area contributed by atoms with E-state index in [2.05, 4.69) is 25.3 Å². The number of hydrogen-bond donors (Lipinski definition) is 3. The highest BCUT2D eigenvalue weighted by atomic mass is 35.5. The van der Waals surface area contributed by atoms with Crippen molar-refractivity contribution in [2.24, 2.45) is 0 Å². The first-order valence-electron chi connectivity index (χ1n) is 10.3. The summed E-state index contributed by atoms with van der Waals surface area (Å²) in [5.74, 6) is 0.534. The highest BCUT2D eigenvalue weighted by molar-refractivity contribution is 7.89. The zero-order valence-corrected chi connectivity index (χ0v) is 21.4. The average Bonchev–Trinajstić information content (AvgIpc) is 2.75. The van der Waals surface area contributed by atoms with Gasteiger partial charge in [-0.05, 0) is 62.6 Å². The van der Waals surface area contributed by atoms with Gasteiger partial charge in [-0.2, -0.15) is 4.98 Å². The number of halogens is 1. The van der Waals surface area contributed by atoms with Crippen molar-refractivity contribution in [3.05, 3.63) is 59.2 Å². The SMILES string of the molecule is CCCNS(=O)(=O)c1ccccc1Nc1nc(Nc2ccc(P(C)(C)=O)cc2C)ncc1Cl. The number of nitrogens with zero attached hydrogens (tertiary/aromatic N) is 2. The average molecular weight is 508 g/mol. The van der Waals surface area contributed by atoms with Crippen molar-refractivity contribution >= 4 is 57.2 Å². The molecular formula is C22H27ClN5O3PS. The van der Waals surface area contributed by atoms with Crippen molar-refractivity contribution in [1.29, 1.82) is 0 Å². The van der Waals surface area contributed by atoms with Gasteiger partial charge in [0, 0.05) is 17.5 Å². The fourth-order valence-corrected chi connectivity index (χ4v) is 5.38. The molecule has 176 valence electrons. The highest BCUT2D eigenvalue weighted by Crippen LogP contribution is 2.36. The molecule has 0 saturated heterocycles. The molecule has 0 aliphatic rings. The first-order valence-corrected chi connectivity index (χ1v) is 14.8. The van der Waals surface area contributed by atoms with Gasteiger partial charge in [-0.25, -0.2) is 18.1 Å². The molecule has 1 heterocycles. The molecule has 11 heteroatoms. The number of hydrogen-bond acceptors (Lipinski definition) is 7. The second-order valence-corrected chi connectivity index (χ2v) is 13.2. The van der Waals surface area contributed by atoms with Crippen LogP contribution in [0.4, 0.5) is 23.1 Å². The number of anilines is 4. The lowest BCUT2D eigenvalue weighted by atomic mass is 10.2. The van der Waals surface area contributed by atoms with Gasteiger partial charge in [0.05, 0.1) is 11.9 Å². The van der Waals surface area contributed by atoms with Crippen LogP contribution in [0.3, 0.4) is 0 Å². The molecule has 0 amide bonds. The van der Waals surface area contributed by atoms with Crippen LogP contribution in [0, 0.1) is 6.92 Å². The third kappa shape index (κ3) is 6.32. The summed E-state index contributed by atoms with van der Waals surface area (Å²) in [6.45, 7) is 7.58. The predicted molar refractivity (Wildman–Crippen MR) is 136 cm³/mol. The van der Waals surface area contributed by atoms with Gasteiger partial charge in [-0.15, -0.1) is 0 Å². The summed E-state index contributed by atoms with van der Waals surface area (Å²) in [6, 6.07) is 12.1. The summed E-state index contributed by atoms with van der Waals surface area (Å²) in [4.78, 5) is 8.74. The molecule has 3 rings (SSSR count). The smallest absolute Gasteiger partial charge is 0.242 e. The van der Waals surface area contributed by atoms with Gasteiger partial charge in [0.25, 0.3) is 0 Å². The molecule has 0 spiro atoms. The maximum Gasteiger partial charge on any atom is 0.242 e. The number of para-hydroxylation sites is 1. The van der Waals surface area contributed by atoms with Crippen LogP contribution in [-0.2, 0) is 14.6 Å². The maximum atomic E-state index is 12.7. The Morgan fingerprint density at radius 3 is 2.45 bits per heavy atom. The van der Waals surface area contributed by atoms with Crippen molar-refractivity contribution in [2.45, 2.75) is 25.2 Å². The molecule has 0 saturated carbocycles. The second kappa shape index (κ2) is 10.2. The van der Waals surface area contributed by atoms with E-state index in [0.717, 1.165) is 16.6 Å². The molecular weight excluding hydrogens is 481 g/mol. The van der Waals surface area contributed by atoms with E-state index in [9.17, 15) is 13.0 Å². The van der Waals surface area contributed by atoms with Crippen molar-refractivity contribution in [3.63, 3.8) is 0 Å². The Morgan fingerprint density at radius 1 is 1.06 bits per heavy atom. The number of benzene rings is 2. The number of nitrogens with one attached hydrogen (secondary N) is 3. The summed E-state index contributed by atoms with van der Waals surface area (Å²) < 4.78 is 40.3. The molecule has 3 aromatic rings. The van der Waals surface area contributed by atoms with Crippen molar-refractivity contribution in [2.75, 3.05) is 30.5 Å². The molecule has 0 atom stereocenters. The van der Waals surface area contributed by atoms with E-state index in [0.29, 0.717) is 18.7 Å². The minimum Gasteiger partial charge on any atom is -0.338 e. The number of rotatable bonds is 9. The fourth-order valence-electron chi connectivity index (χ4n) is 3.00. The molecule has 0 aliphatic carbocycles. The van der Waals surface area contributed by atoms with Gasteiger partial charge in [0.2, 0.25) is 16.0 Å². The van der Waals surface area contributed by atoms with Crippen molar-refractivity contribution in [3.8, 4) is 0 Å². The zero-order chi connectivity index (χ0) is 24.2. The second-order valence-electron chi connectivity index (χ2n) is 7.88. The van der Waals surface area contributed by atoms with Gasteiger partial charge in [-0.3, -0.25) is 0 Å². The molecule has 8 nitrogen and oxygen atoms in total. The van der Waals surface area contributed by atoms with Crippen LogP contribution >= 0.6 is 18.7 Å². The van der Waals surface area contributed by atoms with E-state index < -0.39 is 17.2 Å². The summed E-state index contributed by atoms with van der Waals surface area (Å²) in [7, 11) is -6.07. The van der Waals surface area contributed by atoms with E-state index >= 15 is 0 Å². The Balaban J connectivity index is 1.89. The van der Waals surface area contributed by atoms with E-state index in [1.165, 1.54) is 12.3 Å². The minimum absolute atomic E-state index is 0.0950. The summed E-state index contributed by atoms with van der Waals surface area (Å²) >= 11 is 6.29. The zero-order valence-electron chi connectivity index (χ0n) is 18.9. The Hall–Kier alpha value is -2.45. The molecule has 0 fully saturated rings. The first kappa shape index (κ1) is 25.2. The standard InChI is InChI=1S/C22H27ClN5O3PS/c1-5-12-25-33(30,31)20-9-7-6-8-19(20)26-21-17(23)14-24-22(28-21)27-18-11-10-16(13-15(18)2)32(3,4)29/h6-11,13-14,25H,5,12H2,1-4H3,(H2,24,26,27,28). The third-order valence-electron chi connectivity index (χ3n) is 4.79. The van der Waals surface area contributed by atoms with Crippen molar-refractivity contribution in [1.82, 2.24) is 14.7 Å². The van der Waals surface area contributed by atoms with Crippen LogP contribution in [0.25, 0.3) is 0 Å². The topological polar surface area (TPSA) is 113 Å². The first-order chi connectivity index (χ1) is 15.5. The summed E-state index contributed by atoms with van der Waals surface area (Å²) in [6.07, 6.45) is 2.11. The lowest BCUT2D eigenvalue weighted by molar-refractivity contribution is 0.581. The lowest BCUT2D eigenvalue weighted by Crippen LogP contribution is -2.25. The summed E-state index contributed by atoms with van der Waals surface area (Å²) in [5.41, 5.74) is 1.99. The molecule has 0 radical (unpaired) electrons. The number of aryl methyl sites for hydroxylation is 1. The maximum absolute atomic E-state index is 12.7. The van der Waals surface area contributed by atoms with Crippen LogP contribution in [-0.4, -0.2) is 38.3 Å². The molecule has 1 aromatic heterocycles. The van der Waals surface area contributed by atoms with Gasteiger partial charge >= 0.3 is 0 Å². The fraction of sp³-hybridized carbons (Fsp3) is 0.273. The summed E-state index contributed by atoms with van der Waals surface area (Å²) in [5, 5.41) is 7.18.